The summed E-state index contributed by atoms with van der Waals surface area (Å²) >= 11 is 1.70. The van der Waals surface area contributed by atoms with Gasteiger partial charge in [0.25, 0.3) is 0 Å². The number of urea groups is 1. The number of nitrogens with zero attached hydrogens (tertiary/aromatic N) is 2. The molecule has 0 aromatic carbocycles. The van der Waals surface area contributed by atoms with Gasteiger partial charge in [-0.05, 0) is 31.3 Å². The molecule has 6 heteroatoms. The fraction of sp³-hybridized carbons (Fsp3) is 0.688. The number of hydrogen-bond donors (Lipinski definition) is 1. The van der Waals surface area contributed by atoms with E-state index in [2.05, 4.69) is 35.6 Å². The van der Waals surface area contributed by atoms with Crippen molar-refractivity contribution >= 4 is 17.4 Å². The molecule has 122 valence electrons. The van der Waals surface area contributed by atoms with Crippen LogP contribution in [0.1, 0.15) is 30.7 Å². The zero-order valence-electron chi connectivity index (χ0n) is 13.3. The summed E-state index contributed by atoms with van der Waals surface area (Å²) in [6, 6.07) is 4.63. The van der Waals surface area contributed by atoms with Gasteiger partial charge in [0.1, 0.15) is 0 Å². The van der Waals surface area contributed by atoms with E-state index in [1.807, 2.05) is 11.0 Å². The lowest BCUT2D eigenvalue weighted by Crippen LogP contribution is -2.60. The van der Waals surface area contributed by atoms with Gasteiger partial charge >= 0.3 is 6.03 Å². The first-order chi connectivity index (χ1) is 10.7. The number of thiophene rings is 1. The van der Waals surface area contributed by atoms with E-state index in [1.165, 1.54) is 4.88 Å². The van der Waals surface area contributed by atoms with Crippen molar-refractivity contribution in [2.24, 2.45) is 0 Å². The molecule has 3 unspecified atom stereocenters. The number of morpholine rings is 1. The average Bonchev–Trinajstić information content (AvgIpc) is 3.06. The van der Waals surface area contributed by atoms with E-state index < -0.39 is 0 Å². The Morgan fingerprint density at radius 1 is 1.55 bits per heavy atom. The van der Waals surface area contributed by atoms with Crippen LogP contribution in [0.15, 0.2) is 17.5 Å². The highest BCUT2D eigenvalue weighted by atomic mass is 32.1. The molecule has 1 N–H and O–H groups in total. The van der Waals surface area contributed by atoms with Crippen LogP contribution < -0.4 is 5.32 Å². The molecule has 0 aliphatic carbocycles. The molecule has 3 atom stereocenters. The number of rotatable bonds is 3. The van der Waals surface area contributed by atoms with Crippen LogP contribution >= 0.6 is 11.3 Å². The number of fused-ring (bicyclic) bond motifs is 1. The minimum Gasteiger partial charge on any atom is -0.375 e. The van der Waals surface area contributed by atoms with Crippen LogP contribution in [0.2, 0.25) is 0 Å². The number of likely N-dealkylation sites (tertiary alicyclic amines) is 1. The number of carbonyl (C=O) groups is 1. The molecular weight excluding hydrogens is 298 g/mol. The molecule has 5 nitrogen and oxygen atoms in total. The van der Waals surface area contributed by atoms with Gasteiger partial charge in [-0.3, -0.25) is 4.90 Å². The standard InChI is InChI=1S/C16H25N3O2S/c1-3-12(15-5-4-10-22-15)17-16(20)19-7-6-14-13(11-19)18(2)8-9-21-14/h4-5,10,12-14H,3,6-9,11H2,1-2H3,(H,17,20). The Morgan fingerprint density at radius 2 is 2.41 bits per heavy atom. The molecule has 2 aliphatic rings. The molecular formula is C16H25N3O2S. The second-order valence-electron chi connectivity index (χ2n) is 6.12. The van der Waals surface area contributed by atoms with Crippen molar-refractivity contribution in [3.05, 3.63) is 22.4 Å². The Balaban J connectivity index is 1.60. The number of amides is 2. The first-order valence-corrected chi connectivity index (χ1v) is 8.97. The summed E-state index contributed by atoms with van der Waals surface area (Å²) in [5.74, 6) is 0. The van der Waals surface area contributed by atoms with Crippen LogP contribution in [0.4, 0.5) is 4.79 Å². The highest BCUT2D eigenvalue weighted by molar-refractivity contribution is 7.10. The van der Waals surface area contributed by atoms with Crippen molar-refractivity contribution in [1.29, 1.82) is 0 Å². The van der Waals surface area contributed by atoms with E-state index in [0.717, 1.165) is 39.1 Å². The number of likely N-dealkylation sites (N-methyl/N-ethyl adjacent to an activating group) is 1. The van der Waals surface area contributed by atoms with Gasteiger partial charge < -0.3 is 15.0 Å². The van der Waals surface area contributed by atoms with E-state index in [4.69, 9.17) is 4.74 Å². The van der Waals surface area contributed by atoms with Gasteiger partial charge in [-0.2, -0.15) is 0 Å². The van der Waals surface area contributed by atoms with Gasteiger partial charge in [-0.15, -0.1) is 11.3 Å². The number of carbonyl (C=O) groups excluding carboxylic acids is 1. The Morgan fingerprint density at radius 3 is 3.14 bits per heavy atom. The summed E-state index contributed by atoms with van der Waals surface area (Å²) in [5, 5.41) is 5.25. The average molecular weight is 323 g/mol. The fourth-order valence-electron chi connectivity index (χ4n) is 3.33. The van der Waals surface area contributed by atoms with Crippen molar-refractivity contribution in [1.82, 2.24) is 15.1 Å². The van der Waals surface area contributed by atoms with E-state index in [1.54, 1.807) is 11.3 Å². The molecule has 2 amide bonds. The minimum absolute atomic E-state index is 0.0534. The smallest absolute Gasteiger partial charge is 0.317 e. The number of nitrogens with one attached hydrogen (secondary N) is 1. The van der Waals surface area contributed by atoms with Gasteiger partial charge in [0.05, 0.1) is 24.8 Å². The summed E-state index contributed by atoms with van der Waals surface area (Å²) in [6.07, 6.45) is 2.12. The van der Waals surface area contributed by atoms with Gasteiger partial charge in [0.2, 0.25) is 0 Å². The molecule has 0 bridgehead atoms. The Kier molecular flexibility index (Phi) is 5.00. The third-order valence-electron chi connectivity index (χ3n) is 4.74. The second kappa shape index (κ2) is 6.98. The molecule has 0 radical (unpaired) electrons. The van der Waals surface area contributed by atoms with Crippen molar-refractivity contribution < 1.29 is 9.53 Å². The van der Waals surface area contributed by atoms with Crippen LogP contribution in [-0.2, 0) is 4.74 Å². The first-order valence-electron chi connectivity index (χ1n) is 8.09. The van der Waals surface area contributed by atoms with Crippen LogP contribution in [-0.4, -0.2) is 61.3 Å². The second-order valence-corrected chi connectivity index (χ2v) is 7.10. The molecule has 2 saturated heterocycles. The molecule has 1 aromatic heterocycles. The molecule has 22 heavy (non-hydrogen) atoms. The van der Waals surface area contributed by atoms with E-state index in [-0.39, 0.29) is 18.2 Å². The molecule has 0 saturated carbocycles. The van der Waals surface area contributed by atoms with Crippen molar-refractivity contribution in [3.8, 4) is 0 Å². The fourth-order valence-corrected chi connectivity index (χ4v) is 4.19. The summed E-state index contributed by atoms with van der Waals surface area (Å²) in [6.45, 7) is 5.40. The van der Waals surface area contributed by atoms with E-state index >= 15 is 0 Å². The zero-order chi connectivity index (χ0) is 15.5. The van der Waals surface area contributed by atoms with Crippen molar-refractivity contribution in [3.63, 3.8) is 0 Å². The lowest BCUT2D eigenvalue weighted by molar-refractivity contribution is -0.0882. The van der Waals surface area contributed by atoms with Gasteiger partial charge in [-0.1, -0.05) is 13.0 Å². The van der Waals surface area contributed by atoms with Crippen molar-refractivity contribution in [2.75, 3.05) is 33.3 Å². The lowest BCUT2D eigenvalue weighted by Gasteiger charge is -2.45. The summed E-state index contributed by atoms with van der Waals surface area (Å²) in [7, 11) is 2.13. The molecule has 3 heterocycles. The Hall–Kier alpha value is -1.11. The SMILES string of the molecule is CCC(NC(=O)N1CCC2OCCN(C)C2C1)c1cccs1. The quantitative estimate of drug-likeness (QED) is 0.928. The molecule has 2 fully saturated rings. The lowest BCUT2D eigenvalue weighted by atomic mass is 9.99. The maximum atomic E-state index is 12.6. The van der Waals surface area contributed by atoms with E-state index in [9.17, 15) is 4.79 Å². The highest BCUT2D eigenvalue weighted by Gasteiger charge is 2.37. The summed E-state index contributed by atoms with van der Waals surface area (Å²) < 4.78 is 5.84. The number of piperidine rings is 1. The van der Waals surface area contributed by atoms with Crippen LogP contribution in [0.5, 0.6) is 0 Å². The Labute approximate surface area is 136 Å². The first kappa shape index (κ1) is 15.8. The zero-order valence-corrected chi connectivity index (χ0v) is 14.1. The summed E-state index contributed by atoms with van der Waals surface area (Å²) in [5.41, 5.74) is 0. The van der Waals surface area contributed by atoms with Crippen LogP contribution in [0, 0.1) is 0 Å². The number of ether oxygens (including phenoxy) is 1. The van der Waals surface area contributed by atoms with Gasteiger partial charge in [0.15, 0.2) is 0 Å². The minimum atomic E-state index is 0.0534. The normalized spacial score (nSPS) is 27.3. The van der Waals surface area contributed by atoms with Crippen molar-refractivity contribution in [2.45, 2.75) is 38.0 Å². The van der Waals surface area contributed by atoms with Crippen LogP contribution in [0.3, 0.4) is 0 Å². The van der Waals surface area contributed by atoms with Crippen LogP contribution in [0.25, 0.3) is 0 Å². The highest BCUT2D eigenvalue weighted by Crippen LogP contribution is 2.24. The maximum Gasteiger partial charge on any atom is 0.317 e. The molecule has 3 rings (SSSR count). The predicted octanol–water partition coefficient (Wildman–Crippen LogP) is 2.31. The molecule has 2 aliphatic heterocycles. The maximum absolute atomic E-state index is 12.6. The topological polar surface area (TPSA) is 44.8 Å². The molecule has 1 aromatic rings. The number of hydrogen-bond acceptors (Lipinski definition) is 4. The monoisotopic (exact) mass is 323 g/mol. The largest absolute Gasteiger partial charge is 0.375 e. The molecule has 0 spiro atoms. The van der Waals surface area contributed by atoms with Gasteiger partial charge in [0, 0.05) is 24.5 Å². The van der Waals surface area contributed by atoms with E-state index in [0.29, 0.717) is 6.04 Å². The van der Waals surface area contributed by atoms with Gasteiger partial charge in [-0.25, -0.2) is 4.79 Å². The third-order valence-corrected chi connectivity index (χ3v) is 5.73. The summed E-state index contributed by atoms with van der Waals surface area (Å²) in [4.78, 5) is 18.1. The Bertz CT molecular complexity index is 494. The third kappa shape index (κ3) is 3.29. The predicted molar refractivity (Wildman–Crippen MR) is 88.2 cm³/mol.